The lowest BCUT2D eigenvalue weighted by Gasteiger charge is -2.28. The molecule has 0 radical (unpaired) electrons. The maximum atomic E-state index is 12.7. The molecule has 8 nitrogen and oxygen atoms in total. The van der Waals surface area contributed by atoms with E-state index in [2.05, 4.69) is 43.9 Å². The second kappa shape index (κ2) is 8.31. The molecule has 0 spiro atoms. The minimum absolute atomic E-state index is 0.0898. The van der Waals surface area contributed by atoms with Crippen LogP contribution in [0.5, 0.6) is 0 Å². The van der Waals surface area contributed by atoms with Crippen molar-refractivity contribution in [1.82, 2.24) is 15.5 Å². The van der Waals surface area contributed by atoms with Crippen LogP contribution in [0.1, 0.15) is 29.6 Å². The van der Waals surface area contributed by atoms with Gasteiger partial charge in [0.2, 0.25) is 0 Å². The van der Waals surface area contributed by atoms with Crippen molar-refractivity contribution < 1.29 is 9.53 Å². The van der Waals surface area contributed by atoms with Crippen molar-refractivity contribution in [3.05, 3.63) is 36.0 Å². The van der Waals surface area contributed by atoms with Crippen molar-refractivity contribution in [2.24, 2.45) is 5.92 Å². The van der Waals surface area contributed by atoms with Crippen LogP contribution >= 0.6 is 0 Å². The largest absolute Gasteiger partial charge is 0.378 e. The first-order valence-corrected chi connectivity index (χ1v) is 9.65. The summed E-state index contributed by atoms with van der Waals surface area (Å²) >= 11 is 0. The van der Waals surface area contributed by atoms with Crippen molar-refractivity contribution in [3.63, 3.8) is 0 Å². The zero-order chi connectivity index (χ0) is 19.3. The summed E-state index contributed by atoms with van der Waals surface area (Å²) in [6, 6.07) is 10.1. The number of nitrogens with one attached hydrogen (secondary N) is 3. The number of nitriles is 1. The predicted octanol–water partition coefficient (Wildman–Crippen LogP) is 2.41. The predicted molar refractivity (Wildman–Crippen MR) is 106 cm³/mol. The number of carbonyl (C=O) groups is 1. The van der Waals surface area contributed by atoms with E-state index in [9.17, 15) is 4.79 Å². The third-order valence-electron chi connectivity index (χ3n) is 5.22. The summed E-state index contributed by atoms with van der Waals surface area (Å²) < 4.78 is 5.39. The van der Waals surface area contributed by atoms with Gasteiger partial charge in [0.25, 0.3) is 5.91 Å². The van der Waals surface area contributed by atoms with Gasteiger partial charge in [-0.1, -0.05) is 0 Å². The third-order valence-corrected chi connectivity index (χ3v) is 5.22. The van der Waals surface area contributed by atoms with Gasteiger partial charge >= 0.3 is 0 Å². The van der Waals surface area contributed by atoms with Crippen molar-refractivity contribution in [3.8, 4) is 6.07 Å². The standard InChI is InChI=1S/C20H24N6O2/c21-8-7-18(14-1-2-14)24-20(27)17-13-22-25-19(17)23-15-3-5-16(6-4-15)26-9-11-28-12-10-26/h3-6,13-14,18H,1-2,7,9-12H2,(H,24,27)(H2,22,23,25). The third kappa shape index (κ3) is 4.26. The summed E-state index contributed by atoms with van der Waals surface area (Å²) in [6.07, 6.45) is 3.98. The number of aromatic amines is 1. The van der Waals surface area contributed by atoms with Crippen LogP contribution in [0.25, 0.3) is 0 Å². The molecule has 1 atom stereocenters. The molecule has 2 aliphatic rings. The Labute approximate surface area is 163 Å². The van der Waals surface area contributed by atoms with Crippen molar-refractivity contribution >= 4 is 23.1 Å². The highest BCUT2D eigenvalue weighted by Gasteiger charge is 2.32. The Kier molecular flexibility index (Phi) is 5.44. The van der Waals surface area contributed by atoms with Crippen LogP contribution in [0.3, 0.4) is 0 Å². The van der Waals surface area contributed by atoms with Gasteiger partial charge in [0, 0.05) is 30.5 Å². The Hall–Kier alpha value is -3.05. The molecule has 8 heteroatoms. The van der Waals surface area contributed by atoms with Crippen molar-refractivity contribution in [2.45, 2.75) is 25.3 Å². The number of benzene rings is 1. The molecule has 1 aliphatic carbocycles. The number of ether oxygens (including phenoxy) is 1. The van der Waals surface area contributed by atoms with Gasteiger partial charge in [0.05, 0.1) is 31.9 Å². The number of aromatic nitrogens is 2. The molecule has 1 saturated heterocycles. The number of hydrogen-bond acceptors (Lipinski definition) is 6. The first-order valence-electron chi connectivity index (χ1n) is 9.65. The van der Waals surface area contributed by atoms with E-state index in [0.29, 0.717) is 23.7 Å². The average Bonchev–Trinajstić information content (AvgIpc) is 3.48. The number of hydrogen-bond donors (Lipinski definition) is 3. The topological polar surface area (TPSA) is 106 Å². The second-order valence-electron chi connectivity index (χ2n) is 7.21. The normalized spacial score (nSPS) is 17.6. The lowest BCUT2D eigenvalue weighted by atomic mass is 10.1. The second-order valence-corrected chi connectivity index (χ2v) is 7.21. The summed E-state index contributed by atoms with van der Waals surface area (Å²) in [6.45, 7) is 3.28. The van der Waals surface area contributed by atoms with Gasteiger partial charge in [-0.3, -0.25) is 9.89 Å². The summed E-state index contributed by atoms with van der Waals surface area (Å²) in [5.74, 6) is 0.746. The van der Waals surface area contributed by atoms with Gasteiger partial charge in [-0.05, 0) is 43.0 Å². The first kappa shape index (κ1) is 18.3. The molecule has 1 aromatic heterocycles. The molecule has 1 saturated carbocycles. The fourth-order valence-electron chi connectivity index (χ4n) is 3.45. The maximum absolute atomic E-state index is 12.7. The SMILES string of the molecule is N#CCC(NC(=O)c1cn[nH]c1Nc1ccc(N2CCOCC2)cc1)C1CC1. The highest BCUT2D eigenvalue weighted by atomic mass is 16.5. The molecular formula is C20H24N6O2. The van der Waals surface area contributed by atoms with Crippen LogP contribution in [-0.2, 0) is 4.74 Å². The first-order chi connectivity index (χ1) is 13.7. The molecule has 1 aromatic carbocycles. The molecule has 1 aliphatic heterocycles. The zero-order valence-corrected chi connectivity index (χ0v) is 15.6. The van der Waals surface area contributed by atoms with Gasteiger partial charge in [-0.25, -0.2) is 0 Å². The molecular weight excluding hydrogens is 356 g/mol. The molecule has 4 rings (SSSR count). The van der Waals surface area contributed by atoms with Gasteiger partial charge in [0.15, 0.2) is 0 Å². The van der Waals surface area contributed by atoms with E-state index in [1.807, 2.05) is 12.1 Å². The fourth-order valence-corrected chi connectivity index (χ4v) is 3.45. The Morgan fingerprint density at radius 3 is 2.75 bits per heavy atom. The van der Waals surface area contributed by atoms with Crippen LogP contribution in [0.4, 0.5) is 17.2 Å². The van der Waals surface area contributed by atoms with Crippen molar-refractivity contribution in [1.29, 1.82) is 5.26 Å². The van der Waals surface area contributed by atoms with Crippen molar-refractivity contribution in [2.75, 3.05) is 36.5 Å². The maximum Gasteiger partial charge on any atom is 0.256 e. The van der Waals surface area contributed by atoms with Gasteiger partial charge < -0.3 is 20.3 Å². The van der Waals surface area contributed by atoms with E-state index in [0.717, 1.165) is 50.5 Å². The Morgan fingerprint density at radius 2 is 2.07 bits per heavy atom. The molecule has 28 heavy (non-hydrogen) atoms. The number of morpholine rings is 1. The fraction of sp³-hybridized carbons (Fsp3) is 0.450. The molecule has 2 heterocycles. The molecule has 2 fully saturated rings. The lowest BCUT2D eigenvalue weighted by molar-refractivity contribution is 0.0934. The number of nitrogens with zero attached hydrogens (tertiary/aromatic N) is 3. The number of anilines is 3. The molecule has 3 N–H and O–H groups in total. The van der Waals surface area contributed by atoms with Crippen LogP contribution in [0.2, 0.25) is 0 Å². The Bertz CT molecular complexity index is 846. The van der Waals surface area contributed by atoms with E-state index in [-0.39, 0.29) is 11.9 Å². The lowest BCUT2D eigenvalue weighted by Crippen LogP contribution is -2.36. The van der Waals surface area contributed by atoms with Crippen LogP contribution in [-0.4, -0.2) is 48.4 Å². The number of amides is 1. The number of H-pyrrole nitrogens is 1. The van der Waals surface area contributed by atoms with E-state index < -0.39 is 0 Å². The van der Waals surface area contributed by atoms with Crippen LogP contribution in [0.15, 0.2) is 30.5 Å². The quantitative estimate of drug-likeness (QED) is 0.681. The Morgan fingerprint density at radius 1 is 1.32 bits per heavy atom. The van der Waals surface area contributed by atoms with E-state index in [1.165, 1.54) is 6.20 Å². The highest BCUT2D eigenvalue weighted by Crippen LogP contribution is 2.34. The monoisotopic (exact) mass is 380 g/mol. The number of rotatable bonds is 7. The minimum atomic E-state index is -0.215. The zero-order valence-electron chi connectivity index (χ0n) is 15.6. The molecule has 1 unspecified atom stereocenters. The van der Waals surface area contributed by atoms with E-state index in [1.54, 1.807) is 0 Å². The van der Waals surface area contributed by atoms with E-state index in [4.69, 9.17) is 10.00 Å². The summed E-state index contributed by atoms with van der Waals surface area (Å²) in [7, 11) is 0. The van der Waals surface area contributed by atoms with Gasteiger partial charge in [-0.2, -0.15) is 10.4 Å². The van der Waals surface area contributed by atoms with Gasteiger partial charge in [-0.15, -0.1) is 0 Å². The Balaban J connectivity index is 1.41. The smallest absolute Gasteiger partial charge is 0.256 e. The average molecular weight is 380 g/mol. The summed E-state index contributed by atoms with van der Waals surface area (Å²) in [5.41, 5.74) is 2.46. The van der Waals surface area contributed by atoms with E-state index >= 15 is 0 Å². The summed E-state index contributed by atoms with van der Waals surface area (Å²) in [4.78, 5) is 14.9. The highest BCUT2D eigenvalue weighted by molar-refractivity contribution is 5.99. The van der Waals surface area contributed by atoms with Crippen LogP contribution in [0, 0.1) is 17.2 Å². The molecule has 2 aromatic rings. The van der Waals surface area contributed by atoms with Gasteiger partial charge in [0.1, 0.15) is 11.4 Å². The molecule has 1 amide bonds. The minimum Gasteiger partial charge on any atom is -0.378 e. The summed E-state index contributed by atoms with van der Waals surface area (Å²) in [5, 5.41) is 22.0. The van der Waals surface area contributed by atoms with Crippen LogP contribution < -0.4 is 15.5 Å². The number of carbonyl (C=O) groups excluding carboxylic acids is 1. The molecule has 0 bridgehead atoms. The molecule has 146 valence electrons.